The molecule has 1 aromatic carbocycles. The van der Waals surface area contributed by atoms with Gasteiger partial charge in [-0.2, -0.15) is 9.97 Å². The normalized spacial score (nSPS) is 17.8. The molecule has 3 aromatic heterocycles. The Labute approximate surface area is 181 Å². The molecule has 2 aliphatic heterocycles. The number of nitrogens with zero attached hydrogens (tertiary/aromatic N) is 5. The molecule has 0 bridgehead atoms. The maximum absolute atomic E-state index is 13.9. The molecular formula is C21H23FN8O2. The minimum absolute atomic E-state index is 0.00610. The van der Waals surface area contributed by atoms with Crippen molar-refractivity contribution >= 4 is 28.0 Å². The third kappa shape index (κ3) is 3.24. The van der Waals surface area contributed by atoms with E-state index in [0.717, 1.165) is 32.5 Å². The van der Waals surface area contributed by atoms with Crippen molar-refractivity contribution in [1.82, 2.24) is 34.4 Å². The van der Waals surface area contributed by atoms with Crippen LogP contribution in [-0.2, 0) is 4.74 Å². The van der Waals surface area contributed by atoms with Crippen molar-refractivity contribution in [3.05, 3.63) is 40.8 Å². The first-order valence-corrected chi connectivity index (χ1v) is 10.8. The predicted molar refractivity (Wildman–Crippen MR) is 117 cm³/mol. The van der Waals surface area contributed by atoms with Crippen molar-refractivity contribution in [3.8, 4) is 5.95 Å². The molecule has 0 saturated carbocycles. The first-order chi connectivity index (χ1) is 15.7. The summed E-state index contributed by atoms with van der Waals surface area (Å²) in [6, 6.07) is 4.40. The third-order valence-corrected chi connectivity index (χ3v) is 6.26. The standard InChI is InChI=1S/C21H23FN8O2/c22-13-1-2-15-16(7-13)29(11-25-15)20-27-18(24-10-12-8-23-9-12)17-19(28-20)30(21(31)26-17)14-3-5-32-6-4-14/h1-2,7,11-12,14,23H,3-6,8-10H2,(H,26,31)(H,24,27,28). The van der Waals surface area contributed by atoms with Crippen LogP contribution < -0.4 is 16.3 Å². The van der Waals surface area contributed by atoms with Crippen molar-refractivity contribution in [2.45, 2.75) is 18.9 Å². The summed E-state index contributed by atoms with van der Waals surface area (Å²) in [5.41, 5.74) is 2.09. The lowest BCUT2D eigenvalue weighted by atomic mass is 10.0. The molecule has 11 heteroatoms. The number of rotatable bonds is 5. The maximum atomic E-state index is 13.9. The van der Waals surface area contributed by atoms with Crippen LogP contribution in [-0.4, -0.2) is 61.9 Å². The number of nitrogens with one attached hydrogen (secondary N) is 3. The molecular weight excluding hydrogens is 415 g/mol. The van der Waals surface area contributed by atoms with E-state index < -0.39 is 0 Å². The molecule has 166 valence electrons. The Hall–Kier alpha value is -3.31. The van der Waals surface area contributed by atoms with Gasteiger partial charge in [0.25, 0.3) is 0 Å². The van der Waals surface area contributed by atoms with Crippen molar-refractivity contribution < 1.29 is 9.13 Å². The number of benzene rings is 1. The Kier molecular flexibility index (Phi) is 4.65. The van der Waals surface area contributed by atoms with Gasteiger partial charge < -0.3 is 20.4 Å². The average Bonchev–Trinajstić information content (AvgIpc) is 3.33. The number of halogens is 1. The molecule has 3 N–H and O–H groups in total. The number of aromatic nitrogens is 6. The molecule has 0 atom stereocenters. The number of H-pyrrole nitrogens is 1. The summed E-state index contributed by atoms with van der Waals surface area (Å²) in [5.74, 6) is 1.02. The molecule has 10 nitrogen and oxygen atoms in total. The van der Waals surface area contributed by atoms with Gasteiger partial charge in [0, 0.05) is 50.9 Å². The van der Waals surface area contributed by atoms with Gasteiger partial charge in [-0.05, 0) is 25.0 Å². The highest BCUT2D eigenvalue weighted by Crippen LogP contribution is 2.27. The van der Waals surface area contributed by atoms with Crippen LogP contribution in [0.25, 0.3) is 28.1 Å². The minimum Gasteiger partial charge on any atom is -0.381 e. The van der Waals surface area contributed by atoms with Crippen LogP contribution >= 0.6 is 0 Å². The van der Waals surface area contributed by atoms with Crippen LogP contribution in [0.4, 0.5) is 10.2 Å². The number of aromatic amines is 1. The van der Waals surface area contributed by atoms with Crippen LogP contribution in [0.15, 0.2) is 29.3 Å². The Morgan fingerprint density at radius 3 is 2.84 bits per heavy atom. The van der Waals surface area contributed by atoms with E-state index in [0.29, 0.717) is 53.1 Å². The second-order valence-corrected chi connectivity index (χ2v) is 8.37. The molecule has 0 amide bonds. The van der Waals surface area contributed by atoms with Crippen molar-refractivity contribution in [2.24, 2.45) is 5.92 Å². The summed E-state index contributed by atoms with van der Waals surface area (Å²) in [6.07, 6.45) is 3.05. The van der Waals surface area contributed by atoms with Crippen molar-refractivity contribution in [3.63, 3.8) is 0 Å². The molecule has 2 saturated heterocycles. The van der Waals surface area contributed by atoms with Crippen LogP contribution in [0, 0.1) is 11.7 Å². The minimum atomic E-state index is -0.364. The maximum Gasteiger partial charge on any atom is 0.328 e. The second-order valence-electron chi connectivity index (χ2n) is 8.37. The number of imidazole rings is 2. The van der Waals surface area contributed by atoms with E-state index >= 15 is 0 Å². The summed E-state index contributed by atoms with van der Waals surface area (Å²) >= 11 is 0. The van der Waals surface area contributed by atoms with Crippen LogP contribution in [0.2, 0.25) is 0 Å². The topological polar surface area (TPSA) is 115 Å². The number of ether oxygens (including phenoxy) is 1. The Bertz CT molecular complexity index is 1350. The summed E-state index contributed by atoms with van der Waals surface area (Å²) in [6.45, 7) is 3.82. The zero-order valence-electron chi connectivity index (χ0n) is 17.3. The molecule has 0 aliphatic carbocycles. The fourth-order valence-electron chi connectivity index (χ4n) is 4.38. The van der Waals surface area contributed by atoms with Gasteiger partial charge in [0.2, 0.25) is 5.95 Å². The van der Waals surface area contributed by atoms with Crippen LogP contribution in [0.1, 0.15) is 18.9 Å². The van der Waals surface area contributed by atoms with Gasteiger partial charge in [0.05, 0.1) is 11.0 Å². The van der Waals surface area contributed by atoms with E-state index in [9.17, 15) is 9.18 Å². The lowest BCUT2D eigenvalue weighted by Crippen LogP contribution is -2.45. The molecule has 5 heterocycles. The van der Waals surface area contributed by atoms with Gasteiger partial charge in [-0.15, -0.1) is 0 Å². The largest absolute Gasteiger partial charge is 0.381 e. The number of hydrogen-bond acceptors (Lipinski definition) is 7. The lowest BCUT2D eigenvalue weighted by Gasteiger charge is -2.27. The summed E-state index contributed by atoms with van der Waals surface area (Å²) in [4.78, 5) is 29.7. The third-order valence-electron chi connectivity index (χ3n) is 6.26. The van der Waals surface area contributed by atoms with E-state index in [1.54, 1.807) is 21.5 Å². The van der Waals surface area contributed by atoms with Gasteiger partial charge in [0.15, 0.2) is 11.5 Å². The second kappa shape index (κ2) is 7.68. The number of fused-ring (bicyclic) bond motifs is 2. The SMILES string of the molecule is O=c1[nH]c2c(NCC3CNC3)nc(-n3cnc4ccc(F)cc43)nc2n1C1CCOCC1. The number of hydrogen-bond donors (Lipinski definition) is 3. The molecule has 6 rings (SSSR count). The summed E-state index contributed by atoms with van der Waals surface area (Å²) in [7, 11) is 0. The van der Waals surface area contributed by atoms with Crippen LogP contribution in [0.5, 0.6) is 0 Å². The molecule has 4 aromatic rings. The Morgan fingerprint density at radius 1 is 1.22 bits per heavy atom. The summed E-state index contributed by atoms with van der Waals surface area (Å²) < 4.78 is 22.8. The fourth-order valence-corrected chi connectivity index (χ4v) is 4.38. The molecule has 0 radical (unpaired) electrons. The Balaban J connectivity index is 1.52. The van der Waals surface area contributed by atoms with Gasteiger partial charge in [-0.25, -0.2) is 14.2 Å². The number of anilines is 1. The smallest absolute Gasteiger partial charge is 0.328 e. The fraction of sp³-hybridized carbons (Fsp3) is 0.429. The van der Waals surface area contributed by atoms with Gasteiger partial charge in [0.1, 0.15) is 17.7 Å². The van der Waals surface area contributed by atoms with E-state index in [-0.39, 0.29) is 17.5 Å². The lowest BCUT2D eigenvalue weighted by molar-refractivity contribution is 0.0697. The molecule has 2 fully saturated rings. The van der Waals surface area contributed by atoms with Gasteiger partial charge >= 0.3 is 5.69 Å². The molecule has 0 spiro atoms. The molecule has 2 aliphatic rings. The van der Waals surface area contributed by atoms with E-state index in [1.807, 2.05) is 0 Å². The van der Waals surface area contributed by atoms with E-state index in [1.165, 1.54) is 12.1 Å². The first kappa shape index (κ1) is 19.4. The van der Waals surface area contributed by atoms with E-state index in [2.05, 4.69) is 20.6 Å². The zero-order valence-corrected chi connectivity index (χ0v) is 17.3. The average molecular weight is 438 g/mol. The highest BCUT2D eigenvalue weighted by atomic mass is 19.1. The Morgan fingerprint density at radius 2 is 2.06 bits per heavy atom. The van der Waals surface area contributed by atoms with Crippen molar-refractivity contribution in [2.75, 3.05) is 38.2 Å². The van der Waals surface area contributed by atoms with Gasteiger partial charge in [-0.3, -0.25) is 9.13 Å². The molecule has 0 unspecified atom stereocenters. The quantitative estimate of drug-likeness (QED) is 0.433. The van der Waals surface area contributed by atoms with Gasteiger partial charge in [-0.1, -0.05) is 0 Å². The van der Waals surface area contributed by atoms with E-state index in [4.69, 9.17) is 14.7 Å². The highest BCUT2D eigenvalue weighted by Gasteiger charge is 2.25. The molecule has 32 heavy (non-hydrogen) atoms. The van der Waals surface area contributed by atoms with Crippen LogP contribution in [0.3, 0.4) is 0 Å². The highest BCUT2D eigenvalue weighted by molar-refractivity contribution is 5.84. The predicted octanol–water partition coefficient (Wildman–Crippen LogP) is 1.58. The summed E-state index contributed by atoms with van der Waals surface area (Å²) in [5, 5.41) is 6.64. The first-order valence-electron chi connectivity index (χ1n) is 10.8. The monoisotopic (exact) mass is 438 g/mol. The zero-order chi connectivity index (χ0) is 21.7. The van der Waals surface area contributed by atoms with Crippen molar-refractivity contribution in [1.29, 1.82) is 0 Å².